The molecule has 0 unspecified atom stereocenters. The molecule has 1 rings (SSSR count). The smallest absolute Gasteiger partial charge is 0.310 e. The molecule has 3 N–H and O–H groups in total. The average molecular weight is 266 g/mol. The van der Waals surface area contributed by atoms with Crippen molar-refractivity contribution < 1.29 is 9.90 Å². The number of thiocarbonyl (C=S) groups is 1. The Morgan fingerprint density at radius 2 is 2.00 bits per heavy atom. The summed E-state index contributed by atoms with van der Waals surface area (Å²) < 4.78 is 0. The summed E-state index contributed by atoms with van der Waals surface area (Å²) in [6, 6.07) is 7.45. The quantitative estimate of drug-likeness (QED) is 0.796. The van der Waals surface area contributed by atoms with Crippen molar-refractivity contribution in [3.05, 3.63) is 29.8 Å². The summed E-state index contributed by atoms with van der Waals surface area (Å²) in [5.74, 6) is -0.831. The Morgan fingerprint density at radius 1 is 1.44 bits per heavy atom. The van der Waals surface area contributed by atoms with Crippen molar-refractivity contribution in [1.82, 2.24) is 0 Å². The van der Waals surface area contributed by atoms with Crippen molar-refractivity contribution in [2.24, 2.45) is 11.1 Å². The van der Waals surface area contributed by atoms with E-state index in [0.717, 1.165) is 11.3 Å². The van der Waals surface area contributed by atoms with E-state index in [1.54, 1.807) is 13.8 Å². The minimum atomic E-state index is -0.835. The summed E-state index contributed by atoms with van der Waals surface area (Å²) in [5.41, 5.74) is 6.44. The topological polar surface area (TPSA) is 66.6 Å². The number of anilines is 1. The molecule has 0 atom stereocenters. The lowest BCUT2D eigenvalue weighted by Gasteiger charge is -2.29. The highest BCUT2D eigenvalue weighted by Gasteiger charge is 2.29. The maximum absolute atomic E-state index is 11.1. The minimum Gasteiger partial charge on any atom is -0.481 e. The molecule has 0 saturated heterocycles. The van der Waals surface area contributed by atoms with Gasteiger partial charge in [-0.05, 0) is 26.0 Å². The number of hydrogen-bond acceptors (Lipinski definition) is 3. The molecule has 5 heteroatoms. The van der Waals surface area contributed by atoms with Gasteiger partial charge in [-0.1, -0.05) is 24.4 Å². The predicted octanol–water partition coefficient (Wildman–Crippen LogP) is 1.87. The van der Waals surface area contributed by atoms with Gasteiger partial charge in [-0.2, -0.15) is 0 Å². The van der Waals surface area contributed by atoms with Gasteiger partial charge >= 0.3 is 5.97 Å². The Bertz CT molecular complexity index is 472. The fourth-order valence-electron chi connectivity index (χ4n) is 1.76. The lowest BCUT2D eigenvalue weighted by Crippen LogP contribution is -2.38. The van der Waals surface area contributed by atoms with Crippen molar-refractivity contribution in [3.8, 4) is 0 Å². The zero-order valence-corrected chi connectivity index (χ0v) is 11.6. The SMILES string of the molecule is CN(CC(C)(C)C(=O)O)c1ccccc1C(N)=S. The van der Waals surface area contributed by atoms with E-state index in [1.807, 2.05) is 36.2 Å². The molecule has 0 fully saturated rings. The average Bonchev–Trinajstić information content (AvgIpc) is 2.28. The number of nitrogens with zero attached hydrogens (tertiary/aromatic N) is 1. The minimum absolute atomic E-state index is 0.311. The number of para-hydroxylation sites is 1. The van der Waals surface area contributed by atoms with Crippen LogP contribution in [0.3, 0.4) is 0 Å². The third kappa shape index (κ3) is 3.20. The van der Waals surface area contributed by atoms with Crippen molar-refractivity contribution in [2.45, 2.75) is 13.8 Å². The molecule has 0 heterocycles. The third-order valence-corrected chi connectivity index (χ3v) is 3.01. The zero-order valence-electron chi connectivity index (χ0n) is 10.8. The van der Waals surface area contributed by atoms with Crippen LogP contribution in [0.5, 0.6) is 0 Å². The van der Waals surface area contributed by atoms with E-state index in [9.17, 15) is 4.79 Å². The van der Waals surface area contributed by atoms with Crippen LogP contribution in [0.2, 0.25) is 0 Å². The van der Waals surface area contributed by atoms with E-state index >= 15 is 0 Å². The van der Waals surface area contributed by atoms with Gasteiger partial charge in [0.1, 0.15) is 4.99 Å². The van der Waals surface area contributed by atoms with Gasteiger partial charge in [-0.3, -0.25) is 4.79 Å². The summed E-state index contributed by atoms with van der Waals surface area (Å²) in [6.45, 7) is 3.76. The van der Waals surface area contributed by atoms with Gasteiger partial charge < -0.3 is 15.7 Å². The third-order valence-electron chi connectivity index (χ3n) is 2.79. The molecule has 18 heavy (non-hydrogen) atoms. The second-order valence-electron chi connectivity index (χ2n) is 4.93. The number of rotatable bonds is 5. The molecular formula is C13H18N2O2S. The normalized spacial score (nSPS) is 11.1. The fourth-order valence-corrected chi connectivity index (χ4v) is 1.93. The molecule has 0 aliphatic rings. The number of nitrogens with two attached hydrogens (primary N) is 1. The van der Waals surface area contributed by atoms with Crippen molar-refractivity contribution >= 4 is 28.9 Å². The second kappa shape index (κ2) is 5.35. The summed E-state index contributed by atoms with van der Waals surface area (Å²) in [7, 11) is 1.84. The number of carbonyl (C=O) groups is 1. The van der Waals surface area contributed by atoms with Crippen LogP contribution < -0.4 is 10.6 Å². The molecule has 0 aromatic heterocycles. The van der Waals surface area contributed by atoms with E-state index in [4.69, 9.17) is 23.1 Å². The molecule has 0 amide bonds. The summed E-state index contributed by atoms with van der Waals surface area (Å²) in [6.07, 6.45) is 0. The fraction of sp³-hybridized carbons (Fsp3) is 0.385. The molecule has 0 radical (unpaired) electrons. The maximum Gasteiger partial charge on any atom is 0.310 e. The largest absolute Gasteiger partial charge is 0.481 e. The standard InChI is InChI=1S/C13H18N2O2S/c1-13(2,12(16)17)8-15(3)10-7-5-4-6-9(10)11(14)18/h4-7H,8H2,1-3H3,(H2,14,18)(H,16,17). The van der Waals surface area contributed by atoms with Gasteiger partial charge in [0.2, 0.25) is 0 Å². The first kappa shape index (κ1) is 14.4. The van der Waals surface area contributed by atoms with Crippen molar-refractivity contribution in [2.75, 3.05) is 18.5 Å². The van der Waals surface area contributed by atoms with E-state index in [2.05, 4.69) is 0 Å². The van der Waals surface area contributed by atoms with Crippen LogP contribution in [-0.4, -0.2) is 29.7 Å². The Morgan fingerprint density at radius 3 is 2.50 bits per heavy atom. The van der Waals surface area contributed by atoms with E-state index in [-0.39, 0.29) is 0 Å². The number of carboxylic acids is 1. The van der Waals surface area contributed by atoms with Crippen LogP contribution in [0.15, 0.2) is 24.3 Å². The van der Waals surface area contributed by atoms with E-state index in [0.29, 0.717) is 11.5 Å². The maximum atomic E-state index is 11.1. The zero-order chi connectivity index (χ0) is 13.9. The molecule has 0 spiro atoms. The molecule has 1 aromatic carbocycles. The van der Waals surface area contributed by atoms with Gasteiger partial charge in [0.15, 0.2) is 0 Å². The Hall–Kier alpha value is -1.62. The number of hydrogen-bond donors (Lipinski definition) is 2. The van der Waals surface area contributed by atoms with Gasteiger partial charge in [-0.25, -0.2) is 0 Å². The first-order valence-corrected chi connectivity index (χ1v) is 6.00. The van der Waals surface area contributed by atoms with Gasteiger partial charge in [-0.15, -0.1) is 0 Å². The van der Waals surface area contributed by atoms with Gasteiger partial charge in [0.05, 0.1) is 5.41 Å². The van der Waals surface area contributed by atoms with E-state index in [1.165, 1.54) is 0 Å². The van der Waals surface area contributed by atoms with Crippen molar-refractivity contribution in [1.29, 1.82) is 0 Å². The Labute approximate surface area is 112 Å². The summed E-state index contributed by atoms with van der Waals surface area (Å²) in [5, 5.41) is 9.14. The number of carboxylic acid groups (broad SMARTS) is 1. The molecule has 0 saturated carbocycles. The lowest BCUT2D eigenvalue weighted by molar-refractivity contribution is -0.146. The van der Waals surface area contributed by atoms with Crippen LogP contribution in [0, 0.1) is 5.41 Å². The molecular weight excluding hydrogens is 248 g/mol. The van der Waals surface area contributed by atoms with Crippen LogP contribution in [-0.2, 0) is 4.79 Å². The number of benzene rings is 1. The summed E-state index contributed by atoms with van der Waals surface area (Å²) in [4.78, 5) is 13.3. The molecule has 1 aromatic rings. The second-order valence-corrected chi connectivity index (χ2v) is 5.37. The van der Waals surface area contributed by atoms with E-state index < -0.39 is 11.4 Å². The van der Waals surface area contributed by atoms with Gasteiger partial charge in [0, 0.05) is 24.8 Å². The lowest BCUT2D eigenvalue weighted by atomic mass is 9.93. The van der Waals surface area contributed by atoms with Crippen LogP contribution in [0.1, 0.15) is 19.4 Å². The van der Waals surface area contributed by atoms with Gasteiger partial charge in [0.25, 0.3) is 0 Å². The van der Waals surface area contributed by atoms with Crippen LogP contribution in [0.4, 0.5) is 5.69 Å². The highest BCUT2D eigenvalue weighted by atomic mass is 32.1. The molecule has 0 aliphatic carbocycles. The first-order chi connectivity index (χ1) is 8.25. The first-order valence-electron chi connectivity index (χ1n) is 5.59. The molecule has 0 bridgehead atoms. The molecule has 98 valence electrons. The molecule has 0 aliphatic heterocycles. The Kier molecular flexibility index (Phi) is 4.29. The Balaban J connectivity index is 3.01. The monoisotopic (exact) mass is 266 g/mol. The predicted molar refractivity (Wildman–Crippen MR) is 77.0 cm³/mol. The highest BCUT2D eigenvalue weighted by Crippen LogP contribution is 2.24. The molecule has 4 nitrogen and oxygen atoms in total. The van der Waals surface area contributed by atoms with Crippen molar-refractivity contribution in [3.63, 3.8) is 0 Å². The number of aliphatic carboxylic acids is 1. The highest BCUT2D eigenvalue weighted by molar-refractivity contribution is 7.80. The van der Waals surface area contributed by atoms with Crippen LogP contribution >= 0.6 is 12.2 Å². The van der Waals surface area contributed by atoms with Crippen LogP contribution in [0.25, 0.3) is 0 Å². The summed E-state index contributed by atoms with van der Waals surface area (Å²) >= 11 is 5.00.